The molecule has 3 heterocycles. The first-order valence-electron chi connectivity index (χ1n) is 8.47. The summed E-state index contributed by atoms with van der Waals surface area (Å²) >= 11 is 0. The summed E-state index contributed by atoms with van der Waals surface area (Å²) in [6.45, 7) is 4.36. The number of rotatable bonds is 3. The molecule has 1 saturated heterocycles. The van der Waals surface area contributed by atoms with E-state index >= 15 is 0 Å². The standard InChI is InChI=1S/C18H20N4O3/c1-12-3-2-6-22(9-12)17-8-14(19-10-20-17)18(23)21-13-4-5-15-16(7-13)25-11-24-15/h4-5,7-8,10,12H,2-3,6,9,11H2,1H3,(H,21,23). The van der Waals surface area contributed by atoms with Crippen LogP contribution in [0.4, 0.5) is 11.5 Å². The number of carbonyl (C=O) groups is 1. The summed E-state index contributed by atoms with van der Waals surface area (Å²) in [6.07, 6.45) is 3.83. The fourth-order valence-corrected chi connectivity index (χ4v) is 3.21. The van der Waals surface area contributed by atoms with Crippen LogP contribution >= 0.6 is 0 Å². The van der Waals surface area contributed by atoms with E-state index in [2.05, 4.69) is 27.1 Å². The maximum absolute atomic E-state index is 12.5. The van der Waals surface area contributed by atoms with Gasteiger partial charge in [-0.15, -0.1) is 0 Å². The molecule has 1 unspecified atom stereocenters. The molecule has 2 aliphatic rings. The Bertz CT molecular complexity index is 796. The average Bonchev–Trinajstić information content (AvgIpc) is 3.09. The minimum Gasteiger partial charge on any atom is -0.454 e. The highest BCUT2D eigenvalue weighted by molar-refractivity contribution is 6.03. The number of fused-ring (bicyclic) bond motifs is 1. The predicted molar refractivity (Wildman–Crippen MR) is 93.2 cm³/mol. The van der Waals surface area contributed by atoms with Crippen LogP contribution in [0.1, 0.15) is 30.3 Å². The second-order valence-electron chi connectivity index (χ2n) is 6.48. The Morgan fingerprint density at radius 3 is 3.00 bits per heavy atom. The minimum atomic E-state index is -0.271. The molecule has 0 radical (unpaired) electrons. The van der Waals surface area contributed by atoms with E-state index in [0.717, 1.165) is 25.3 Å². The van der Waals surface area contributed by atoms with Crippen molar-refractivity contribution in [3.8, 4) is 11.5 Å². The molecule has 7 heteroatoms. The number of ether oxygens (including phenoxy) is 2. The summed E-state index contributed by atoms with van der Waals surface area (Å²) in [4.78, 5) is 23.2. The quantitative estimate of drug-likeness (QED) is 0.926. The summed E-state index contributed by atoms with van der Waals surface area (Å²) in [5.74, 6) is 2.48. The second-order valence-corrected chi connectivity index (χ2v) is 6.48. The van der Waals surface area contributed by atoms with Crippen molar-refractivity contribution in [2.45, 2.75) is 19.8 Å². The van der Waals surface area contributed by atoms with Gasteiger partial charge >= 0.3 is 0 Å². The lowest BCUT2D eigenvalue weighted by Gasteiger charge is -2.31. The minimum absolute atomic E-state index is 0.205. The molecule has 2 aliphatic heterocycles. The Hall–Kier alpha value is -2.83. The van der Waals surface area contributed by atoms with E-state index in [1.807, 2.05) is 0 Å². The molecular formula is C18H20N4O3. The molecule has 130 valence electrons. The van der Waals surface area contributed by atoms with Crippen LogP contribution in [0.3, 0.4) is 0 Å². The number of piperidine rings is 1. The Balaban J connectivity index is 1.49. The number of nitrogens with one attached hydrogen (secondary N) is 1. The van der Waals surface area contributed by atoms with Crippen LogP contribution in [0, 0.1) is 5.92 Å². The molecule has 0 spiro atoms. The molecule has 1 aromatic carbocycles. The van der Waals surface area contributed by atoms with Crippen LogP contribution in [-0.2, 0) is 0 Å². The topological polar surface area (TPSA) is 76.6 Å². The van der Waals surface area contributed by atoms with Gasteiger partial charge in [0.2, 0.25) is 6.79 Å². The van der Waals surface area contributed by atoms with Crippen molar-refractivity contribution in [2.75, 3.05) is 30.1 Å². The van der Waals surface area contributed by atoms with Crippen molar-refractivity contribution in [1.82, 2.24) is 9.97 Å². The monoisotopic (exact) mass is 340 g/mol. The Labute approximate surface area is 146 Å². The zero-order valence-corrected chi connectivity index (χ0v) is 14.1. The lowest BCUT2D eigenvalue weighted by Crippen LogP contribution is -2.35. The fraction of sp³-hybridized carbons (Fsp3) is 0.389. The average molecular weight is 340 g/mol. The predicted octanol–water partition coefficient (Wildman–Crippen LogP) is 2.69. The van der Waals surface area contributed by atoms with Crippen molar-refractivity contribution >= 4 is 17.4 Å². The maximum atomic E-state index is 12.5. The van der Waals surface area contributed by atoms with Gasteiger partial charge in [0.1, 0.15) is 17.8 Å². The van der Waals surface area contributed by atoms with Crippen molar-refractivity contribution in [2.24, 2.45) is 5.92 Å². The van der Waals surface area contributed by atoms with E-state index < -0.39 is 0 Å². The van der Waals surface area contributed by atoms with E-state index in [4.69, 9.17) is 9.47 Å². The largest absolute Gasteiger partial charge is 0.454 e. The molecule has 1 N–H and O–H groups in total. The summed E-state index contributed by atoms with van der Waals surface area (Å²) in [5, 5.41) is 2.84. The Morgan fingerprint density at radius 2 is 2.12 bits per heavy atom. The zero-order chi connectivity index (χ0) is 17.2. The summed E-state index contributed by atoms with van der Waals surface area (Å²) in [6, 6.07) is 7.05. The van der Waals surface area contributed by atoms with Gasteiger partial charge in [-0.05, 0) is 30.9 Å². The smallest absolute Gasteiger partial charge is 0.274 e. The summed E-state index contributed by atoms with van der Waals surface area (Å²) in [5.41, 5.74) is 0.988. The van der Waals surface area contributed by atoms with Gasteiger partial charge < -0.3 is 19.7 Å². The summed E-state index contributed by atoms with van der Waals surface area (Å²) < 4.78 is 10.6. The third kappa shape index (κ3) is 3.35. The van der Waals surface area contributed by atoms with Crippen molar-refractivity contribution in [3.63, 3.8) is 0 Å². The third-order valence-electron chi connectivity index (χ3n) is 4.50. The molecule has 1 fully saturated rings. The number of amides is 1. The molecule has 0 saturated carbocycles. The van der Waals surface area contributed by atoms with E-state index in [0.29, 0.717) is 28.8 Å². The molecular weight excluding hydrogens is 320 g/mol. The molecule has 1 aromatic heterocycles. The molecule has 25 heavy (non-hydrogen) atoms. The van der Waals surface area contributed by atoms with Crippen molar-refractivity contribution < 1.29 is 14.3 Å². The van der Waals surface area contributed by atoms with Crippen molar-refractivity contribution in [1.29, 1.82) is 0 Å². The maximum Gasteiger partial charge on any atom is 0.274 e. The van der Waals surface area contributed by atoms with Gasteiger partial charge in [0.15, 0.2) is 11.5 Å². The Morgan fingerprint density at radius 1 is 1.24 bits per heavy atom. The highest BCUT2D eigenvalue weighted by atomic mass is 16.7. The van der Waals surface area contributed by atoms with Crippen molar-refractivity contribution in [3.05, 3.63) is 36.3 Å². The number of nitrogens with zero attached hydrogens (tertiary/aromatic N) is 3. The normalized spacial score (nSPS) is 18.9. The molecule has 1 amide bonds. The van der Waals surface area contributed by atoms with Gasteiger partial charge in [-0.1, -0.05) is 6.92 Å². The van der Waals surface area contributed by atoms with Crippen LogP contribution in [0.2, 0.25) is 0 Å². The SMILES string of the molecule is CC1CCCN(c2cc(C(=O)Nc3ccc4c(c3)OCO4)ncn2)C1. The van der Waals surface area contributed by atoms with E-state index in [1.54, 1.807) is 24.3 Å². The number of anilines is 2. The van der Waals surface area contributed by atoms with E-state index in [1.165, 1.54) is 12.7 Å². The van der Waals surface area contributed by atoms with Crippen LogP contribution in [-0.4, -0.2) is 35.8 Å². The zero-order valence-electron chi connectivity index (χ0n) is 14.1. The van der Waals surface area contributed by atoms with Gasteiger partial charge in [-0.25, -0.2) is 9.97 Å². The van der Waals surface area contributed by atoms with Gasteiger partial charge in [-0.3, -0.25) is 4.79 Å². The lowest BCUT2D eigenvalue weighted by molar-refractivity contribution is 0.102. The molecule has 1 atom stereocenters. The highest BCUT2D eigenvalue weighted by Crippen LogP contribution is 2.34. The second kappa shape index (κ2) is 6.58. The number of hydrogen-bond donors (Lipinski definition) is 1. The first-order chi connectivity index (χ1) is 12.2. The van der Waals surface area contributed by atoms with Crippen LogP contribution in [0.25, 0.3) is 0 Å². The van der Waals surface area contributed by atoms with Crippen LogP contribution in [0.15, 0.2) is 30.6 Å². The van der Waals surface area contributed by atoms with Gasteiger partial charge in [-0.2, -0.15) is 0 Å². The van der Waals surface area contributed by atoms with Gasteiger partial charge in [0.05, 0.1) is 0 Å². The molecule has 4 rings (SSSR count). The van der Waals surface area contributed by atoms with Gasteiger partial charge in [0.25, 0.3) is 5.91 Å². The molecule has 0 bridgehead atoms. The number of aromatic nitrogens is 2. The third-order valence-corrected chi connectivity index (χ3v) is 4.50. The van der Waals surface area contributed by atoms with E-state index in [-0.39, 0.29) is 12.7 Å². The number of benzene rings is 1. The van der Waals surface area contributed by atoms with Crippen LogP contribution < -0.4 is 19.7 Å². The van der Waals surface area contributed by atoms with Gasteiger partial charge in [0, 0.05) is 30.9 Å². The Kier molecular flexibility index (Phi) is 4.13. The fourth-order valence-electron chi connectivity index (χ4n) is 3.21. The number of carbonyl (C=O) groups excluding carboxylic acids is 1. The number of hydrogen-bond acceptors (Lipinski definition) is 6. The van der Waals surface area contributed by atoms with E-state index in [9.17, 15) is 4.79 Å². The molecule has 7 nitrogen and oxygen atoms in total. The summed E-state index contributed by atoms with van der Waals surface area (Å²) in [7, 11) is 0. The van der Waals surface area contributed by atoms with Crippen LogP contribution in [0.5, 0.6) is 11.5 Å². The first-order valence-corrected chi connectivity index (χ1v) is 8.47. The molecule has 0 aliphatic carbocycles. The highest BCUT2D eigenvalue weighted by Gasteiger charge is 2.20. The first kappa shape index (κ1) is 15.7. The molecule has 2 aromatic rings. The lowest BCUT2D eigenvalue weighted by atomic mass is 10.0.